The van der Waals surface area contributed by atoms with Crippen LogP contribution in [0.4, 0.5) is 0 Å². The van der Waals surface area contributed by atoms with Crippen molar-refractivity contribution < 1.29 is 4.79 Å². The highest BCUT2D eigenvalue weighted by atomic mass is 16.2. The maximum absolute atomic E-state index is 11.8. The second kappa shape index (κ2) is 6.34. The third-order valence-electron chi connectivity index (χ3n) is 3.57. The predicted molar refractivity (Wildman–Crippen MR) is 89.2 cm³/mol. The summed E-state index contributed by atoms with van der Waals surface area (Å²) in [5.74, 6) is 0.0896. The minimum atomic E-state index is -0.334. The van der Waals surface area contributed by atoms with Gasteiger partial charge in [0, 0.05) is 17.7 Å². The van der Waals surface area contributed by atoms with Gasteiger partial charge in [-0.2, -0.15) is 5.10 Å². The highest BCUT2D eigenvalue weighted by Gasteiger charge is 2.20. The Morgan fingerprint density at radius 1 is 1.18 bits per heavy atom. The van der Waals surface area contributed by atoms with E-state index in [1.165, 1.54) is 5.56 Å². The Morgan fingerprint density at radius 3 is 2.32 bits per heavy atom. The highest BCUT2D eigenvalue weighted by Crippen LogP contribution is 2.14. The van der Waals surface area contributed by atoms with Crippen LogP contribution in [-0.4, -0.2) is 22.2 Å². The molecule has 0 atom stereocenters. The maximum atomic E-state index is 11.8. The minimum Gasteiger partial charge on any atom is -0.355 e. The number of nitrogens with one attached hydrogen (secondary N) is 1. The van der Waals surface area contributed by atoms with Crippen molar-refractivity contribution in [3.8, 4) is 5.69 Å². The Labute approximate surface area is 132 Å². The van der Waals surface area contributed by atoms with Gasteiger partial charge in [-0.3, -0.25) is 4.79 Å². The van der Waals surface area contributed by atoms with E-state index in [0.717, 1.165) is 23.5 Å². The SMILES string of the molecule is Cc1cc(C)n(-c2ccc(CCNC(=O)C(C)(C)C)cc2)n1. The first-order valence-corrected chi connectivity index (χ1v) is 7.68. The molecular weight excluding hydrogens is 274 g/mol. The van der Waals surface area contributed by atoms with Crippen LogP contribution >= 0.6 is 0 Å². The van der Waals surface area contributed by atoms with Gasteiger partial charge < -0.3 is 5.32 Å². The van der Waals surface area contributed by atoms with E-state index >= 15 is 0 Å². The Kier molecular flexibility index (Phi) is 4.69. The molecule has 0 aliphatic carbocycles. The number of carbonyl (C=O) groups excluding carboxylic acids is 1. The smallest absolute Gasteiger partial charge is 0.225 e. The number of carbonyl (C=O) groups is 1. The largest absolute Gasteiger partial charge is 0.355 e. The lowest BCUT2D eigenvalue weighted by molar-refractivity contribution is -0.128. The fourth-order valence-electron chi connectivity index (χ4n) is 2.28. The van der Waals surface area contributed by atoms with Crippen LogP contribution in [0.15, 0.2) is 30.3 Å². The number of amides is 1. The minimum absolute atomic E-state index is 0.0896. The summed E-state index contributed by atoms with van der Waals surface area (Å²) in [6.45, 7) is 10.5. The van der Waals surface area contributed by atoms with Crippen LogP contribution in [0.25, 0.3) is 5.69 Å². The molecule has 0 spiro atoms. The molecule has 0 saturated carbocycles. The monoisotopic (exact) mass is 299 g/mol. The summed E-state index contributed by atoms with van der Waals surface area (Å²) in [6, 6.07) is 10.4. The van der Waals surface area contributed by atoms with E-state index < -0.39 is 0 Å². The third-order valence-corrected chi connectivity index (χ3v) is 3.57. The summed E-state index contributed by atoms with van der Waals surface area (Å²) in [4.78, 5) is 11.8. The van der Waals surface area contributed by atoms with Crippen molar-refractivity contribution in [1.29, 1.82) is 0 Å². The van der Waals surface area contributed by atoms with Crippen molar-refractivity contribution in [2.45, 2.75) is 41.0 Å². The second-order valence-corrected chi connectivity index (χ2v) is 6.76. The van der Waals surface area contributed by atoms with Crippen LogP contribution in [0.1, 0.15) is 37.7 Å². The van der Waals surface area contributed by atoms with Crippen LogP contribution in [0.2, 0.25) is 0 Å². The van der Waals surface area contributed by atoms with E-state index in [4.69, 9.17) is 0 Å². The molecule has 0 radical (unpaired) electrons. The standard InChI is InChI=1S/C18H25N3O/c1-13-12-14(2)21(20-13)16-8-6-15(7-9-16)10-11-19-17(22)18(3,4)5/h6-9,12H,10-11H2,1-5H3,(H,19,22). The van der Waals surface area contributed by atoms with Gasteiger partial charge in [-0.05, 0) is 44.0 Å². The summed E-state index contributed by atoms with van der Waals surface area (Å²) in [5, 5.41) is 7.46. The molecule has 2 rings (SSSR count). The molecule has 0 saturated heterocycles. The van der Waals surface area contributed by atoms with Crippen molar-refractivity contribution in [2.75, 3.05) is 6.54 Å². The molecule has 0 fully saturated rings. The fourth-order valence-corrected chi connectivity index (χ4v) is 2.28. The molecule has 4 heteroatoms. The van der Waals surface area contributed by atoms with Gasteiger partial charge in [0.2, 0.25) is 5.91 Å². The zero-order valence-electron chi connectivity index (χ0n) is 14.1. The van der Waals surface area contributed by atoms with E-state index in [1.54, 1.807) is 0 Å². The summed E-state index contributed by atoms with van der Waals surface area (Å²) >= 11 is 0. The van der Waals surface area contributed by atoms with Crippen LogP contribution in [0.5, 0.6) is 0 Å². The predicted octanol–water partition coefficient (Wildman–Crippen LogP) is 3.19. The average molecular weight is 299 g/mol. The number of hydrogen-bond acceptors (Lipinski definition) is 2. The second-order valence-electron chi connectivity index (χ2n) is 6.76. The van der Waals surface area contributed by atoms with Gasteiger partial charge in [0.1, 0.15) is 0 Å². The van der Waals surface area contributed by atoms with Gasteiger partial charge >= 0.3 is 0 Å². The van der Waals surface area contributed by atoms with Crippen molar-refractivity contribution in [2.24, 2.45) is 5.41 Å². The van der Waals surface area contributed by atoms with E-state index in [9.17, 15) is 4.79 Å². The molecular formula is C18H25N3O. The molecule has 118 valence electrons. The Balaban J connectivity index is 1.95. The average Bonchev–Trinajstić information content (AvgIpc) is 2.77. The summed E-state index contributed by atoms with van der Waals surface area (Å²) in [5.41, 5.74) is 4.08. The molecule has 0 bridgehead atoms. The first-order chi connectivity index (χ1) is 10.3. The molecule has 1 amide bonds. The fraction of sp³-hybridized carbons (Fsp3) is 0.444. The van der Waals surface area contributed by atoms with Crippen LogP contribution in [0.3, 0.4) is 0 Å². The molecule has 2 aromatic rings. The van der Waals surface area contributed by atoms with Gasteiger partial charge in [-0.25, -0.2) is 4.68 Å². The lowest BCUT2D eigenvalue weighted by Crippen LogP contribution is -2.35. The molecule has 0 unspecified atom stereocenters. The number of benzene rings is 1. The van der Waals surface area contributed by atoms with Crippen LogP contribution < -0.4 is 5.32 Å². The molecule has 0 aliphatic heterocycles. The Bertz CT molecular complexity index is 648. The number of aryl methyl sites for hydroxylation is 2. The maximum Gasteiger partial charge on any atom is 0.225 e. The molecule has 1 heterocycles. The normalized spacial score (nSPS) is 11.5. The van der Waals surface area contributed by atoms with Crippen LogP contribution in [-0.2, 0) is 11.2 Å². The van der Waals surface area contributed by atoms with Gasteiger partial charge in [0.15, 0.2) is 0 Å². The molecule has 22 heavy (non-hydrogen) atoms. The van der Waals surface area contributed by atoms with Crippen molar-refractivity contribution in [3.63, 3.8) is 0 Å². The van der Waals surface area contributed by atoms with E-state index in [1.807, 2.05) is 32.4 Å². The molecule has 1 aromatic heterocycles. The van der Waals surface area contributed by atoms with Gasteiger partial charge in [0.05, 0.1) is 11.4 Å². The summed E-state index contributed by atoms with van der Waals surface area (Å²) in [7, 11) is 0. The summed E-state index contributed by atoms with van der Waals surface area (Å²) in [6.07, 6.45) is 0.833. The Morgan fingerprint density at radius 2 is 1.82 bits per heavy atom. The Hall–Kier alpha value is -2.10. The summed E-state index contributed by atoms with van der Waals surface area (Å²) < 4.78 is 1.94. The number of nitrogens with zero attached hydrogens (tertiary/aromatic N) is 2. The van der Waals surface area contributed by atoms with Crippen molar-refractivity contribution in [1.82, 2.24) is 15.1 Å². The van der Waals surface area contributed by atoms with E-state index in [2.05, 4.69) is 47.7 Å². The molecule has 0 aliphatic rings. The van der Waals surface area contributed by atoms with E-state index in [-0.39, 0.29) is 11.3 Å². The number of rotatable bonds is 4. The molecule has 1 N–H and O–H groups in total. The number of hydrogen-bond donors (Lipinski definition) is 1. The van der Waals surface area contributed by atoms with E-state index in [0.29, 0.717) is 6.54 Å². The van der Waals surface area contributed by atoms with Crippen molar-refractivity contribution >= 4 is 5.91 Å². The first kappa shape index (κ1) is 16.3. The third kappa shape index (κ3) is 3.97. The van der Waals surface area contributed by atoms with Gasteiger partial charge in [-0.1, -0.05) is 32.9 Å². The first-order valence-electron chi connectivity index (χ1n) is 7.68. The topological polar surface area (TPSA) is 46.9 Å². The number of aromatic nitrogens is 2. The van der Waals surface area contributed by atoms with Gasteiger partial charge in [-0.15, -0.1) is 0 Å². The van der Waals surface area contributed by atoms with Crippen molar-refractivity contribution in [3.05, 3.63) is 47.3 Å². The quantitative estimate of drug-likeness (QED) is 0.942. The van der Waals surface area contributed by atoms with Gasteiger partial charge in [0.25, 0.3) is 0 Å². The van der Waals surface area contributed by atoms with Crippen LogP contribution in [0, 0.1) is 19.3 Å². The lowest BCUT2D eigenvalue weighted by Gasteiger charge is -2.17. The lowest BCUT2D eigenvalue weighted by atomic mass is 9.95. The zero-order valence-corrected chi connectivity index (χ0v) is 14.1. The molecule has 1 aromatic carbocycles. The molecule has 4 nitrogen and oxygen atoms in total. The zero-order chi connectivity index (χ0) is 16.3. The highest BCUT2D eigenvalue weighted by molar-refractivity contribution is 5.81.